The van der Waals surface area contributed by atoms with Gasteiger partial charge in [0.25, 0.3) is 0 Å². The van der Waals surface area contributed by atoms with Crippen molar-refractivity contribution in [3.63, 3.8) is 0 Å². The zero-order valence-corrected chi connectivity index (χ0v) is 19.4. The van der Waals surface area contributed by atoms with E-state index >= 15 is 0 Å². The molecule has 0 aliphatic rings. The van der Waals surface area contributed by atoms with Gasteiger partial charge in [-0.15, -0.1) is 0 Å². The van der Waals surface area contributed by atoms with E-state index in [-0.39, 0.29) is 18.2 Å². The fraction of sp³-hybridized carbons (Fsp3) is 0.435. The molecule has 0 fully saturated rings. The van der Waals surface area contributed by atoms with Crippen LogP contribution in [0.1, 0.15) is 45.2 Å². The Morgan fingerprint density at radius 3 is 2.13 bits per heavy atom. The largest absolute Gasteiger partial charge is 0.497 e. The zero-order valence-electron chi connectivity index (χ0n) is 18.6. The zero-order chi connectivity index (χ0) is 23.2. The molecule has 6 nitrogen and oxygen atoms in total. The number of carbonyl (C=O) groups is 1. The first-order valence-corrected chi connectivity index (χ1v) is 12.1. The van der Waals surface area contributed by atoms with Crippen LogP contribution in [0.3, 0.4) is 0 Å². The molecule has 2 atom stereocenters. The number of methoxy groups -OCH3 is 1. The van der Waals surface area contributed by atoms with E-state index in [1.807, 2.05) is 24.3 Å². The van der Waals surface area contributed by atoms with E-state index in [1.54, 1.807) is 14.0 Å². The van der Waals surface area contributed by atoms with E-state index in [4.69, 9.17) is 4.74 Å². The number of anilines is 1. The van der Waals surface area contributed by atoms with E-state index in [0.717, 1.165) is 16.1 Å². The number of hydrogen-bond acceptors (Lipinski definition) is 4. The van der Waals surface area contributed by atoms with Gasteiger partial charge in [0.05, 0.1) is 25.1 Å². The summed E-state index contributed by atoms with van der Waals surface area (Å²) in [4.78, 5) is 13.3. The number of rotatable bonds is 10. The molecule has 170 valence electrons. The van der Waals surface area contributed by atoms with Crippen molar-refractivity contribution in [1.29, 1.82) is 0 Å². The van der Waals surface area contributed by atoms with Crippen molar-refractivity contribution in [1.82, 2.24) is 5.32 Å². The van der Waals surface area contributed by atoms with E-state index in [0.29, 0.717) is 18.1 Å². The Balaban J connectivity index is 2.36. The molecule has 2 rings (SSSR count). The fourth-order valence-corrected chi connectivity index (χ4v) is 4.71. The first kappa shape index (κ1) is 24.7. The first-order chi connectivity index (χ1) is 14.6. The standard InChI is InChI=1S/C23H31FN2O4S/c1-6-22(26(31(5,28)29)19-11-9-18(24)10-12-19)23(27)25-21(15-16(2)3)17-7-13-20(30-4)14-8-17/h7-14,16,21-22H,6,15H2,1-5H3,(H,25,27)/t21-,22-/m1/s1. The Hall–Kier alpha value is -2.61. The topological polar surface area (TPSA) is 75.7 Å². The number of ether oxygens (including phenoxy) is 1. The maximum atomic E-state index is 13.4. The number of hydrogen-bond donors (Lipinski definition) is 1. The summed E-state index contributed by atoms with van der Waals surface area (Å²) in [7, 11) is -2.20. The number of carbonyl (C=O) groups excluding carboxylic acids is 1. The van der Waals surface area contributed by atoms with Crippen molar-refractivity contribution in [3.8, 4) is 5.75 Å². The molecule has 0 spiro atoms. The molecule has 2 aromatic carbocycles. The monoisotopic (exact) mass is 450 g/mol. The van der Waals surface area contributed by atoms with Gasteiger partial charge in [-0.25, -0.2) is 12.8 Å². The van der Waals surface area contributed by atoms with Crippen LogP contribution in [-0.2, 0) is 14.8 Å². The highest BCUT2D eigenvalue weighted by Gasteiger charge is 2.32. The van der Waals surface area contributed by atoms with Crippen molar-refractivity contribution < 1.29 is 22.3 Å². The average Bonchev–Trinajstić information content (AvgIpc) is 2.71. The molecule has 1 N–H and O–H groups in total. The van der Waals surface area contributed by atoms with E-state index < -0.39 is 27.8 Å². The molecule has 0 bridgehead atoms. The quantitative estimate of drug-likeness (QED) is 0.586. The second-order valence-electron chi connectivity index (χ2n) is 7.92. The summed E-state index contributed by atoms with van der Waals surface area (Å²) in [6.45, 7) is 5.86. The Bertz CT molecular complexity index is 960. The van der Waals surface area contributed by atoms with Crippen molar-refractivity contribution in [2.45, 2.75) is 45.7 Å². The molecule has 1 amide bonds. The molecular formula is C23H31FN2O4S. The van der Waals surface area contributed by atoms with Crippen LogP contribution in [-0.4, -0.2) is 33.7 Å². The van der Waals surface area contributed by atoms with Gasteiger partial charge in [0.1, 0.15) is 17.6 Å². The number of nitrogens with one attached hydrogen (secondary N) is 1. The van der Waals surface area contributed by atoms with E-state index in [9.17, 15) is 17.6 Å². The second-order valence-corrected chi connectivity index (χ2v) is 9.78. The van der Waals surface area contributed by atoms with Crippen LogP contribution in [0.15, 0.2) is 48.5 Å². The normalized spacial score (nSPS) is 13.5. The predicted octanol–water partition coefficient (Wildman–Crippen LogP) is 4.28. The lowest BCUT2D eigenvalue weighted by Gasteiger charge is -2.32. The Morgan fingerprint density at radius 2 is 1.68 bits per heavy atom. The third-order valence-corrected chi connectivity index (χ3v) is 6.13. The summed E-state index contributed by atoms with van der Waals surface area (Å²) in [5.41, 5.74) is 1.15. The van der Waals surface area contributed by atoms with Crippen molar-refractivity contribution in [2.75, 3.05) is 17.7 Å². The van der Waals surface area contributed by atoms with Crippen LogP contribution < -0.4 is 14.4 Å². The molecule has 0 aliphatic heterocycles. The minimum Gasteiger partial charge on any atom is -0.497 e. The Kier molecular flexibility index (Phi) is 8.44. The van der Waals surface area contributed by atoms with Gasteiger partial charge in [0, 0.05) is 0 Å². The highest BCUT2D eigenvalue weighted by atomic mass is 32.2. The average molecular weight is 451 g/mol. The number of sulfonamides is 1. The smallest absolute Gasteiger partial charge is 0.244 e. The molecule has 0 aliphatic carbocycles. The lowest BCUT2D eigenvalue weighted by molar-refractivity contribution is -0.123. The van der Waals surface area contributed by atoms with Gasteiger partial charge < -0.3 is 10.1 Å². The first-order valence-electron chi connectivity index (χ1n) is 10.3. The highest BCUT2D eigenvalue weighted by Crippen LogP contribution is 2.26. The van der Waals surface area contributed by atoms with Crippen LogP contribution in [0.2, 0.25) is 0 Å². The molecule has 0 saturated heterocycles. The summed E-state index contributed by atoms with van der Waals surface area (Å²) < 4.78 is 44.8. The van der Waals surface area contributed by atoms with Gasteiger partial charge in [0.15, 0.2) is 0 Å². The third kappa shape index (κ3) is 6.69. The molecular weight excluding hydrogens is 419 g/mol. The maximum Gasteiger partial charge on any atom is 0.244 e. The predicted molar refractivity (Wildman–Crippen MR) is 121 cm³/mol. The van der Waals surface area contributed by atoms with Crippen LogP contribution >= 0.6 is 0 Å². The van der Waals surface area contributed by atoms with Gasteiger partial charge in [0.2, 0.25) is 15.9 Å². The third-order valence-electron chi connectivity index (χ3n) is 4.95. The highest BCUT2D eigenvalue weighted by molar-refractivity contribution is 7.92. The Labute approximate surface area is 184 Å². The van der Waals surface area contributed by atoms with Crippen LogP contribution in [0.5, 0.6) is 5.75 Å². The molecule has 0 unspecified atom stereocenters. The number of amides is 1. The van der Waals surface area contributed by atoms with Gasteiger partial charge in [-0.05, 0) is 60.7 Å². The van der Waals surface area contributed by atoms with Crippen molar-refractivity contribution in [3.05, 3.63) is 59.9 Å². The lowest BCUT2D eigenvalue weighted by Crippen LogP contribution is -2.50. The molecule has 0 aromatic heterocycles. The summed E-state index contributed by atoms with van der Waals surface area (Å²) in [5.74, 6) is 0.130. The maximum absolute atomic E-state index is 13.4. The SMILES string of the molecule is CC[C@H](C(=O)N[C@H](CC(C)C)c1ccc(OC)cc1)N(c1ccc(F)cc1)S(C)(=O)=O. The molecule has 8 heteroatoms. The summed E-state index contributed by atoms with van der Waals surface area (Å²) in [5, 5.41) is 3.03. The van der Waals surface area contributed by atoms with Crippen LogP contribution in [0, 0.1) is 11.7 Å². The van der Waals surface area contributed by atoms with E-state index in [1.165, 1.54) is 24.3 Å². The number of halogens is 1. The summed E-state index contributed by atoms with van der Waals surface area (Å²) in [6, 6.07) is 11.3. The van der Waals surface area contributed by atoms with Gasteiger partial charge in [-0.1, -0.05) is 32.9 Å². The van der Waals surface area contributed by atoms with Crippen LogP contribution in [0.25, 0.3) is 0 Å². The fourth-order valence-electron chi connectivity index (χ4n) is 3.50. The van der Waals surface area contributed by atoms with Gasteiger partial charge >= 0.3 is 0 Å². The van der Waals surface area contributed by atoms with Gasteiger partial charge in [-0.2, -0.15) is 0 Å². The van der Waals surface area contributed by atoms with Crippen molar-refractivity contribution >= 4 is 21.6 Å². The number of benzene rings is 2. The molecule has 0 radical (unpaired) electrons. The molecule has 31 heavy (non-hydrogen) atoms. The number of nitrogens with zero attached hydrogens (tertiary/aromatic N) is 1. The minimum atomic E-state index is -3.79. The minimum absolute atomic E-state index is 0.246. The molecule has 0 saturated carbocycles. The Morgan fingerprint density at radius 1 is 1.10 bits per heavy atom. The summed E-state index contributed by atoms with van der Waals surface area (Å²) in [6.07, 6.45) is 1.98. The van der Waals surface area contributed by atoms with Crippen molar-refractivity contribution in [2.24, 2.45) is 5.92 Å². The second kappa shape index (κ2) is 10.6. The molecule has 0 heterocycles. The molecule has 2 aromatic rings. The van der Waals surface area contributed by atoms with E-state index in [2.05, 4.69) is 19.2 Å². The lowest BCUT2D eigenvalue weighted by atomic mass is 9.96. The van der Waals surface area contributed by atoms with Crippen LogP contribution in [0.4, 0.5) is 10.1 Å². The summed E-state index contributed by atoms with van der Waals surface area (Å²) >= 11 is 0. The van der Waals surface area contributed by atoms with Gasteiger partial charge in [-0.3, -0.25) is 9.10 Å².